The van der Waals surface area contributed by atoms with Crippen LogP contribution in [0.15, 0.2) is 46.8 Å². The number of nitrogens with two attached hydrogens (primary N) is 1. The summed E-state index contributed by atoms with van der Waals surface area (Å²) in [5, 5.41) is 4.82. The number of benzene rings is 1. The van der Waals surface area contributed by atoms with E-state index >= 15 is 0 Å². The number of guanidine groups is 1. The molecule has 7 heteroatoms. The second-order valence-electron chi connectivity index (χ2n) is 8.05. The standard InChI is InChI=1S/C22H28N4O2S/c1-14(2)22(4)11-19(27)26(21(23)25-22)12-18-10-17(13-29-18)20(28)24-15(3)16-8-6-5-7-9-16/h5-10,13-15H,11-12H2,1-4H3,(H2,23,25)(H,24,28). The summed E-state index contributed by atoms with van der Waals surface area (Å²) >= 11 is 1.44. The summed E-state index contributed by atoms with van der Waals surface area (Å²) in [5.74, 6) is 0.291. The molecule has 2 atom stereocenters. The normalized spacial score (nSPS) is 20.5. The number of nitrogens with one attached hydrogen (secondary N) is 1. The number of carbonyl (C=O) groups excluding carboxylic acids is 2. The number of amides is 2. The van der Waals surface area contributed by atoms with Gasteiger partial charge in [-0.05, 0) is 31.4 Å². The van der Waals surface area contributed by atoms with Gasteiger partial charge in [0.2, 0.25) is 5.91 Å². The third-order valence-corrected chi connectivity index (χ3v) is 6.50. The Kier molecular flexibility index (Phi) is 6.07. The molecule has 2 amide bonds. The Morgan fingerprint density at radius 1 is 1.31 bits per heavy atom. The summed E-state index contributed by atoms with van der Waals surface area (Å²) in [7, 11) is 0. The van der Waals surface area contributed by atoms with Crippen molar-refractivity contribution in [2.24, 2.45) is 16.6 Å². The first-order chi connectivity index (χ1) is 13.7. The molecule has 3 rings (SSSR count). The number of hydrogen-bond donors (Lipinski definition) is 2. The molecule has 0 spiro atoms. The molecular weight excluding hydrogens is 384 g/mol. The van der Waals surface area contributed by atoms with Crippen LogP contribution in [0.25, 0.3) is 0 Å². The number of thiophene rings is 1. The Morgan fingerprint density at radius 3 is 2.62 bits per heavy atom. The number of aliphatic imine (C=N–C) groups is 1. The van der Waals surface area contributed by atoms with Gasteiger partial charge >= 0.3 is 0 Å². The third-order valence-electron chi connectivity index (χ3n) is 5.58. The molecule has 0 saturated heterocycles. The van der Waals surface area contributed by atoms with Gasteiger partial charge in [0.05, 0.1) is 30.1 Å². The zero-order valence-corrected chi connectivity index (χ0v) is 18.1. The smallest absolute Gasteiger partial charge is 0.252 e. The largest absolute Gasteiger partial charge is 0.369 e. The van der Waals surface area contributed by atoms with E-state index < -0.39 is 5.54 Å². The lowest BCUT2D eigenvalue weighted by Crippen LogP contribution is -2.51. The van der Waals surface area contributed by atoms with Crippen LogP contribution in [0.4, 0.5) is 0 Å². The lowest BCUT2D eigenvalue weighted by atomic mass is 9.84. The van der Waals surface area contributed by atoms with Crippen molar-refractivity contribution in [2.45, 2.75) is 52.2 Å². The zero-order chi connectivity index (χ0) is 21.2. The van der Waals surface area contributed by atoms with Gasteiger partial charge in [0.15, 0.2) is 5.96 Å². The highest BCUT2D eigenvalue weighted by Crippen LogP contribution is 2.30. The van der Waals surface area contributed by atoms with Crippen molar-refractivity contribution >= 4 is 29.1 Å². The van der Waals surface area contributed by atoms with Crippen molar-refractivity contribution in [3.63, 3.8) is 0 Å². The molecule has 154 valence electrons. The highest BCUT2D eigenvalue weighted by Gasteiger charge is 2.38. The van der Waals surface area contributed by atoms with Crippen molar-refractivity contribution in [2.75, 3.05) is 0 Å². The molecule has 2 aromatic rings. The Morgan fingerprint density at radius 2 is 2.00 bits per heavy atom. The van der Waals surface area contributed by atoms with Crippen molar-refractivity contribution in [3.05, 3.63) is 57.8 Å². The molecule has 1 aliphatic heterocycles. The van der Waals surface area contributed by atoms with Gasteiger partial charge in [-0.3, -0.25) is 14.5 Å². The zero-order valence-electron chi connectivity index (χ0n) is 17.3. The molecule has 1 aromatic carbocycles. The van der Waals surface area contributed by atoms with E-state index in [2.05, 4.69) is 10.3 Å². The summed E-state index contributed by atoms with van der Waals surface area (Å²) < 4.78 is 0. The van der Waals surface area contributed by atoms with Gasteiger partial charge in [-0.1, -0.05) is 44.2 Å². The molecule has 0 radical (unpaired) electrons. The summed E-state index contributed by atoms with van der Waals surface area (Å²) in [6.45, 7) is 8.33. The Labute approximate surface area is 175 Å². The molecule has 3 N–H and O–H groups in total. The van der Waals surface area contributed by atoms with E-state index in [0.717, 1.165) is 10.4 Å². The molecule has 29 heavy (non-hydrogen) atoms. The quantitative estimate of drug-likeness (QED) is 0.758. The summed E-state index contributed by atoms with van der Waals surface area (Å²) in [4.78, 5) is 32.2. The van der Waals surface area contributed by atoms with Crippen LogP contribution in [0.2, 0.25) is 0 Å². The van der Waals surface area contributed by atoms with E-state index in [1.54, 1.807) is 0 Å². The van der Waals surface area contributed by atoms with Crippen LogP contribution in [0.3, 0.4) is 0 Å². The lowest BCUT2D eigenvalue weighted by Gasteiger charge is -2.37. The number of rotatable bonds is 6. The maximum atomic E-state index is 12.7. The number of carbonyl (C=O) groups is 2. The van der Waals surface area contributed by atoms with E-state index in [-0.39, 0.29) is 29.7 Å². The molecular formula is C22H28N4O2S. The third kappa shape index (κ3) is 4.67. The summed E-state index contributed by atoms with van der Waals surface area (Å²) in [5.41, 5.74) is 7.27. The van der Waals surface area contributed by atoms with Crippen LogP contribution < -0.4 is 11.1 Å². The van der Waals surface area contributed by atoms with Crippen LogP contribution in [-0.4, -0.2) is 28.2 Å². The highest BCUT2D eigenvalue weighted by molar-refractivity contribution is 7.10. The van der Waals surface area contributed by atoms with E-state index in [1.807, 2.05) is 69.5 Å². The molecule has 2 heterocycles. The molecule has 2 unspecified atom stereocenters. The van der Waals surface area contributed by atoms with Gasteiger partial charge in [-0.2, -0.15) is 0 Å². The first-order valence-electron chi connectivity index (χ1n) is 9.78. The van der Waals surface area contributed by atoms with E-state index in [9.17, 15) is 9.59 Å². The van der Waals surface area contributed by atoms with Crippen LogP contribution >= 0.6 is 11.3 Å². The Hall–Kier alpha value is -2.67. The minimum Gasteiger partial charge on any atom is -0.369 e. The molecule has 0 fully saturated rings. The fraction of sp³-hybridized carbons (Fsp3) is 0.409. The van der Waals surface area contributed by atoms with Crippen LogP contribution in [0.5, 0.6) is 0 Å². The molecule has 0 aliphatic carbocycles. The average Bonchev–Trinajstić information content (AvgIpc) is 3.14. The SMILES string of the molecule is CC(NC(=O)c1csc(CN2C(=O)CC(C)(C(C)C)N=C2N)c1)c1ccccc1. The summed E-state index contributed by atoms with van der Waals surface area (Å²) in [6, 6.07) is 11.5. The van der Waals surface area contributed by atoms with E-state index in [1.165, 1.54) is 16.2 Å². The minimum absolute atomic E-state index is 0.0363. The fourth-order valence-corrected chi connectivity index (χ4v) is 4.09. The van der Waals surface area contributed by atoms with Crippen LogP contribution in [-0.2, 0) is 11.3 Å². The van der Waals surface area contributed by atoms with Crippen LogP contribution in [0.1, 0.15) is 61.0 Å². The van der Waals surface area contributed by atoms with Crippen molar-refractivity contribution in [1.29, 1.82) is 0 Å². The first-order valence-corrected chi connectivity index (χ1v) is 10.7. The second-order valence-corrected chi connectivity index (χ2v) is 9.04. The second kappa shape index (κ2) is 8.37. The first kappa shape index (κ1) is 21.0. The number of nitrogens with zero attached hydrogens (tertiary/aromatic N) is 2. The molecule has 1 aromatic heterocycles. The van der Waals surface area contributed by atoms with Gasteiger partial charge in [0, 0.05) is 10.3 Å². The topological polar surface area (TPSA) is 87.8 Å². The maximum Gasteiger partial charge on any atom is 0.252 e. The molecule has 0 saturated carbocycles. The van der Waals surface area contributed by atoms with Crippen LogP contribution in [0, 0.1) is 5.92 Å². The average molecular weight is 413 g/mol. The highest BCUT2D eigenvalue weighted by atomic mass is 32.1. The van der Waals surface area contributed by atoms with Gasteiger partial charge in [-0.15, -0.1) is 11.3 Å². The maximum absolute atomic E-state index is 12.7. The van der Waals surface area contributed by atoms with Crippen molar-refractivity contribution in [1.82, 2.24) is 10.2 Å². The van der Waals surface area contributed by atoms with Gasteiger partial charge < -0.3 is 11.1 Å². The predicted octanol–water partition coefficient (Wildman–Crippen LogP) is 3.70. The molecule has 0 bridgehead atoms. The monoisotopic (exact) mass is 412 g/mol. The van der Waals surface area contributed by atoms with Crippen molar-refractivity contribution in [3.8, 4) is 0 Å². The van der Waals surface area contributed by atoms with E-state index in [0.29, 0.717) is 18.5 Å². The molecule has 6 nitrogen and oxygen atoms in total. The van der Waals surface area contributed by atoms with Crippen molar-refractivity contribution < 1.29 is 9.59 Å². The minimum atomic E-state index is -0.467. The van der Waals surface area contributed by atoms with Gasteiger partial charge in [-0.25, -0.2) is 4.99 Å². The van der Waals surface area contributed by atoms with Gasteiger partial charge in [0.1, 0.15) is 0 Å². The predicted molar refractivity (Wildman–Crippen MR) is 117 cm³/mol. The number of hydrogen-bond acceptors (Lipinski definition) is 5. The Balaban J connectivity index is 1.67. The fourth-order valence-electron chi connectivity index (χ4n) is 3.24. The van der Waals surface area contributed by atoms with Gasteiger partial charge in [0.25, 0.3) is 5.91 Å². The van der Waals surface area contributed by atoms with E-state index in [4.69, 9.17) is 5.73 Å². The lowest BCUT2D eigenvalue weighted by molar-refractivity contribution is -0.130. The molecule has 1 aliphatic rings. The summed E-state index contributed by atoms with van der Waals surface area (Å²) in [6.07, 6.45) is 0.332. The Bertz CT molecular complexity index is 922.